The Bertz CT molecular complexity index is 668. The summed E-state index contributed by atoms with van der Waals surface area (Å²) >= 11 is 0. The predicted octanol–water partition coefficient (Wildman–Crippen LogP) is 0.345. The number of H-pyrrole nitrogens is 1. The van der Waals surface area contributed by atoms with E-state index in [1.54, 1.807) is 4.90 Å². The van der Waals surface area contributed by atoms with E-state index in [1.165, 1.54) is 6.07 Å². The molecule has 1 aromatic heterocycles. The number of nitrogens with zero attached hydrogens (tertiary/aromatic N) is 1. The van der Waals surface area contributed by atoms with Crippen molar-refractivity contribution in [3.05, 3.63) is 27.5 Å². The van der Waals surface area contributed by atoms with Gasteiger partial charge in [-0.05, 0) is 26.7 Å². The van der Waals surface area contributed by atoms with E-state index in [-0.39, 0.29) is 18.1 Å². The topological polar surface area (TPSA) is 94.7 Å². The number of rotatable bonds is 2. The van der Waals surface area contributed by atoms with Crippen LogP contribution >= 0.6 is 0 Å². The number of carbonyl (C=O) groups excluding carboxylic acids is 1. The summed E-state index contributed by atoms with van der Waals surface area (Å²) in [6, 6.07) is 1.38. The third-order valence-corrected chi connectivity index (χ3v) is 4.26. The zero-order valence-corrected chi connectivity index (χ0v) is 13.5. The van der Waals surface area contributed by atoms with E-state index in [0.717, 1.165) is 24.9 Å². The van der Waals surface area contributed by atoms with Crippen LogP contribution in [0.1, 0.15) is 36.2 Å². The monoisotopic (exact) mass is 321 g/mol. The Balaban J connectivity index is 1.94. The maximum absolute atomic E-state index is 13.0. The van der Waals surface area contributed by atoms with Gasteiger partial charge in [-0.2, -0.15) is 0 Å². The molecule has 2 aliphatic rings. The van der Waals surface area contributed by atoms with Crippen LogP contribution in [0.2, 0.25) is 0 Å². The Morgan fingerprint density at radius 3 is 3.04 bits per heavy atom. The molecule has 0 saturated carbocycles. The largest absolute Gasteiger partial charge is 0.394 e. The highest BCUT2D eigenvalue weighted by atomic mass is 16.5. The number of aliphatic hydroxyl groups excluding tert-OH is 1. The van der Waals surface area contributed by atoms with Crippen molar-refractivity contribution >= 4 is 11.7 Å². The standard InChI is InChI=1S/C16H23N3O4/c1-16(2)9-19(7-10(8-20)23-16)15(22)12-6-13(21)18-14-11(12)4-3-5-17-14/h6,10,20H,3-5,7-9H2,1-2H3,(H2,17,18,21)/t10-/m1/s1. The molecule has 1 aromatic rings. The third kappa shape index (κ3) is 3.25. The second-order valence-electron chi connectivity index (χ2n) is 6.80. The minimum atomic E-state index is -0.527. The predicted molar refractivity (Wildman–Crippen MR) is 85.8 cm³/mol. The van der Waals surface area contributed by atoms with Gasteiger partial charge in [0.25, 0.3) is 5.91 Å². The Morgan fingerprint density at radius 1 is 1.52 bits per heavy atom. The van der Waals surface area contributed by atoms with Crippen molar-refractivity contribution in [1.29, 1.82) is 0 Å². The van der Waals surface area contributed by atoms with Gasteiger partial charge in [0.2, 0.25) is 5.56 Å². The van der Waals surface area contributed by atoms with E-state index in [1.807, 2.05) is 13.8 Å². The maximum atomic E-state index is 13.0. The van der Waals surface area contributed by atoms with Gasteiger partial charge in [0.15, 0.2) is 0 Å². The molecule has 3 heterocycles. The minimum Gasteiger partial charge on any atom is -0.394 e. The number of fused-ring (bicyclic) bond motifs is 1. The van der Waals surface area contributed by atoms with Crippen molar-refractivity contribution in [3.63, 3.8) is 0 Å². The van der Waals surface area contributed by atoms with Crippen LogP contribution in [0.25, 0.3) is 0 Å². The number of anilines is 1. The minimum absolute atomic E-state index is 0.137. The quantitative estimate of drug-likeness (QED) is 0.730. The fourth-order valence-electron chi connectivity index (χ4n) is 3.38. The molecule has 126 valence electrons. The molecule has 7 heteroatoms. The molecule has 0 radical (unpaired) electrons. The summed E-state index contributed by atoms with van der Waals surface area (Å²) in [6.07, 6.45) is 1.28. The first-order valence-corrected chi connectivity index (χ1v) is 7.97. The number of amides is 1. The van der Waals surface area contributed by atoms with E-state index < -0.39 is 11.7 Å². The molecule has 0 bridgehead atoms. The first-order valence-electron chi connectivity index (χ1n) is 7.97. The van der Waals surface area contributed by atoms with Crippen LogP contribution < -0.4 is 10.9 Å². The lowest BCUT2D eigenvalue weighted by molar-refractivity contribution is -0.139. The number of aliphatic hydroxyl groups is 1. The molecule has 0 aliphatic carbocycles. The van der Waals surface area contributed by atoms with Crippen molar-refractivity contribution in [3.8, 4) is 0 Å². The molecule has 1 atom stereocenters. The Kier molecular flexibility index (Phi) is 4.16. The molecule has 3 N–H and O–H groups in total. The van der Waals surface area contributed by atoms with Crippen LogP contribution in [0, 0.1) is 0 Å². The lowest BCUT2D eigenvalue weighted by Gasteiger charge is -2.42. The molecule has 0 unspecified atom stereocenters. The maximum Gasteiger partial charge on any atom is 0.254 e. The highest BCUT2D eigenvalue weighted by molar-refractivity contribution is 5.97. The van der Waals surface area contributed by atoms with Crippen molar-refractivity contribution in [1.82, 2.24) is 9.88 Å². The van der Waals surface area contributed by atoms with Gasteiger partial charge in [-0.3, -0.25) is 9.59 Å². The molecule has 1 saturated heterocycles. The number of hydrogen-bond acceptors (Lipinski definition) is 5. The molecule has 23 heavy (non-hydrogen) atoms. The van der Waals surface area contributed by atoms with Crippen molar-refractivity contribution in [2.75, 3.05) is 31.6 Å². The van der Waals surface area contributed by atoms with E-state index >= 15 is 0 Å². The van der Waals surface area contributed by atoms with Crippen molar-refractivity contribution in [2.45, 2.75) is 38.4 Å². The second kappa shape index (κ2) is 5.98. The summed E-state index contributed by atoms with van der Waals surface area (Å²) in [5, 5.41) is 12.5. The first-order chi connectivity index (χ1) is 10.9. The average molecular weight is 321 g/mol. The first kappa shape index (κ1) is 16.0. The van der Waals surface area contributed by atoms with Gasteiger partial charge in [0, 0.05) is 31.3 Å². The van der Waals surface area contributed by atoms with Gasteiger partial charge in [0.05, 0.1) is 23.9 Å². The van der Waals surface area contributed by atoms with Crippen LogP contribution in [0.5, 0.6) is 0 Å². The number of carbonyl (C=O) groups is 1. The normalized spacial score (nSPS) is 23.1. The van der Waals surface area contributed by atoms with Crippen LogP contribution in [-0.2, 0) is 11.2 Å². The van der Waals surface area contributed by atoms with E-state index in [4.69, 9.17) is 4.74 Å². The summed E-state index contributed by atoms with van der Waals surface area (Å²) < 4.78 is 5.75. The molecule has 7 nitrogen and oxygen atoms in total. The highest BCUT2D eigenvalue weighted by Gasteiger charge is 2.36. The van der Waals surface area contributed by atoms with E-state index in [0.29, 0.717) is 24.5 Å². The van der Waals surface area contributed by atoms with Crippen LogP contribution in [0.4, 0.5) is 5.82 Å². The lowest BCUT2D eigenvalue weighted by Crippen LogP contribution is -2.55. The number of morpholine rings is 1. The van der Waals surface area contributed by atoms with Crippen molar-refractivity contribution in [2.24, 2.45) is 0 Å². The van der Waals surface area contributed by atoms with E-state index in [9.17, 15) is 14.7 Å². The molecule has 1 fully saturated rings. The number of pyridine rings is 1. The smallest absolute Gasteiger partial charge is 0.254 e. The van der Waals surface area contributed by atoms with Crippen LogP contribution in [0.3, 0.4) is 0 Å². The number of aromatic amines is 1. The number of hydrogen-bond donors (Lipinski definition) is 3. The molecule has 3 rings (SSSR count). The fraction of sp³-hybridized carbons (Fsp3) is 0.625. The summed E-state index contributed by atoms with van der Waals surface area (Å²) in [7, 11) is 0. The molecule has 2 aliphatic heterocycles. The van der Waals surface area contributed by atoms with Gasteiger partial charge in [-0.1, -0.05) is 0 Å². The number of ether oxygens (including phenoxy) is 1. The second-order valence-corrected chi connectivity index (χ2v) is 6.80. The third-order valence-electron chi connectivity index (χ3n) is 4.26. The molecule has 0 spiro atoms. The van der Waals surface area contributed by atoms with E-state index in [2.05, 4.69) is 10.3 Å². The fourth-order valence-corrected chi connectivity index (χ4v) is 3.38. The summed E-state index contributed by atoms with van der Waals surface area (Å²) in [6.45, 7) is 5.19. The zero-order chi connectivity index (χ0) is 16.6. The Hall–Kier alpha value is -1.86. The van der Waals surface area contributed by atoms with Gasteiger partial charge in [-0.15, -0.1) is 0 Å². The van der Waals surface area contributed by atoms with Gasteiger partial charge >= 0.3 is 0 Å². The molecular weight excluding hydrogens is 298 g/mol. The summed E-state index contributed by atoms with van der Waals surface area (Å²) in [4.78, 5) is 29.3. The van der Waals surface area contributed by atoms with Crippen LogP contribution in [0.15, 0.2) is 10.9 Å². The molecule has 0 aromatic carbocycles. The van der Waals surface area contributed by atoms with Gasteiger partial charge in [0.1, 0.15) is 5.82 Å². The lowest BCUT2D eigenvalue weighted by atomic mass is 9.98. The Labute approximate surface area is 134 Å². The van der Waals surface area contributed by atoms with Crippen molar-refractivity contribution < 1.29 is 14.6 Å². The highest BCUT2D eigenvalue weighted by Crippen LogP contribution is 2.26. The van der Waals surface area contributed by atoms with Gasteiger partial charge in [-0.25, -0.2) is 0 Å². The number of aromatic nitrogens is 1. The summed E-state index contributed by atoms with van der Waals surface area (Å²) in [5.74, 6) is 0.476. The molecular formula is C16H23N3O4. The average Bonchev–Trinajstić information content (AvgIpc) is 2.51. The van der Waals surface area contributed by atoms with Crippen LogP contribution in [-0.4, -0.2) is 58.8 Å². The Morgan fingerprint density at radius 2 is 2.30 bits per heavy atom. The molecule has 1 amide bonds. The van der Waals surface area contributed by atoms with Gasteiger partial charge < -0.3 is 25.0 Å². The SMILES string of the molecule is CC1(C)CN(C(=O)c2cc(=O)[nH]c3c2CCCN3)C[C@H](CO)O1. The summed E-state index contributed by atoms with van der Waals surface area (Å²) in [5.41, 5.74) is 0.504. The zero-order valence-electron chi connectivity index (χ0n) is 13.5. The number of nitrogens with one attached hydrogen (secondary N) is 2.